The molecule has 2 amide bonds. The van der Waals surface area contributed by atoms with Crippen LogP contribution in [0.3, 0.4) is 0 Å². The lowest BCUT2D eigenvalue weighted by molar-refractivity contribution is -0.922. The Morgan fingerprint density at radius 1 is 1.14 bits per heavy atom. The SMILES string of the molecule is Cc1cccc(C)c1N1C(=O)C[C@H]([NH+]2CCOCC2)C1=O. The summed E-state index contributed by atoms with van der Waals surface area (Å²) >= 11 is 0. The van der Waals surface area contributed by atoms with E-state index in [-0.39, 0.29) is 17.9 Å². The number of benzene rings is 1. The molecule has 0 spiro atoms. The number of aryl methyl sites for hydroxylation is 2. The van der Waals surface area contributed by atoms with Gasteiger partial charge in [-0.3, -0.25) is 9.59 Å². The summed E-state index contributed by atoms with van der Waals surface area (Å²) in [5.41, 5.74) is 2.70. The molecule has 5 heteroatoms. The zero-order chi connectivity index (χ0) is 15.0. The number of carbonyl (C=O) groups is 2. The number of ether oxygens (including phenoxy) is 1. The van der Waals surface area contributed by atoms with Crippen LogP contribution >= 0.6 is 0 Å². The van der Waals surface area contributed by atoms with E-state index in [1.165, 1.54) is 9.80 Å². The molecule has 1 atom stereocenters. The van der Waals surface area contributed by atoms with Crippen LogP contribution in [0.25, 0.3) is 0 Å². The minimum Gasteiger partial charge on any atom is -0.370 e. The number of quaternary nitrogens is 1. The number of rotatable bonds is 2. The summed E-state index contributed by atoms with van der Waals surface area (Å²) in [6.07, 6.45) is 0.307. The Balaban J connectivity index is 1.90. The molecule has 1 N–H and O–H groups in total. The third-order valence-electron chi connectivity index (χ3n) is 4.44. The van der Waals surface area contributed by atoms with Gasteiger partial charge in [-0.2, -0.15) is 0 Å². The van der Waals surface area contributed by atoms with Crippen LogP contribution in [0, 0.1) is 13.8 Å². The van der Waals surface area contributed by atoms with Crippen LogP contribution in [0.1, 0.15) is 17.5 Å². The standard InChI is InChI=1S/C16H20N2O3/c1-11-4-3-5-12(2)15(11)18-14(19)10-13(16(18)20)17-6-8-21-9-7-17/h3-5,13H,6-10H2,1-2H3/p+1/t13-/m0/s1. The average Bonchev–Trinajstić information content (AvgIpc) is 2.76. The van der Waals surface area contributed by atoms with Crippen LogP contribution in [-0.2, 0) is 14.3 Å². The van der Waals surface area contributed by atoms with Crippen molar-refractivity contribution in [2.45, 2.75) is 26.3 Å². The fraction of sp³-hybridized carbons (Fsp3) is 0.500. The summed E-state index contributed by atoms with van der Waals surface area (Å²) < 4.78 is 5.34. The Morgan fingerprint density at radius 2 is 1.76 bits per heavy atom. The molecule has 3 rings (SSSR count). The van der Waals surface area contributed by atoms with Gasteiger partial charge in [-0.05, 0) is 25.0 Å². The molecule has 21 heavy (non-hydrogen) atoms. The third-order valence-corrected chi connectivity index (χ3v) is 4.44. The monoisotopic (exact) mass is 289 g/mol. The minimum atomic E-state index is -0.250. The van der Waals surface area contributed by atoms with E-state index in [9.17, 15) is 9.59 Å². The molecule has 0 bridgehead atoms. The number of amides is 2. The van der Waals surface area contributed by atoms with Crippen LogP contribution in [0.15, 0.2) is 18.2 Å². The number of para-hydroxylation sites is 1. The topological polar surface area (TPSA) is 51.1 Å². The predicted molar refractivity (Wildman–Crippen MR) is 78.3 cm³/mol. The number of morpholine rings is 1. The van der Waals surface area contributed by atoms with Crippen molar-refractivity contribution in [3.8, 4) is 0 Å². The number of anilines is 1. The third kappa shape index (κ3) is 2.47. The van der Waals surface area contributed by atoms with E-state index >= 15 is 0 Å². The smallest absolute Gasteiger partial charge is 0.292 e. The summed E-state index contributed by atoms with van der Waals surface area (Å²) in [5, 5.41) is 0. The van der Waals surface area contributed by atoms with E-state index in [1.54, 1.807) is 0 Å². The van der Waals surface area contributed by atoms with Gasteiger partial charge in [0, 0.05) is 0 Å². The highest BCUT2D eigenvalue weighted by molar-refractivity contribution is 6.22. The van der Waals surface area contributed by atoms with Crippen LogP contribution in [-0.4, -0.2) is 44.2 Å². The van der Waals surface area contributed by atoms with Crippen LogP contribution < -0.4 is 9.80 Å². The van der Waals surface area contributed by atoms with Gasteiger partial charge in [-0.25, -0.2) is 4.90 Å². The second kappa shape index (κ2) is 5.58. The number of hydrogen-bond donors (Lipinski definition) is 1. The van der Waals surface area contributed by atoms with Gasteiger partial charge < -0.3 is 9.64 Å². The molecule has 5 nitrogen and oxygen atoms in total. The Kier molecular flexibility index (Phi) is 3.78. The number of nitrogens with zero attached hydrogens (tertiary/aromatic N) is 1. The Labute approximate surface area is 124 Å². The summed E-state index contributed by atoms with van der Waals surface area (Å²) in [6, 6.07) is 5.58. The lowest BCUT2D eigenvalue weighted by atomic mass is 10.1. The molecule has 112 valence electrons. The number of hydrogen-bond acceptors (Lipinski definition) is 3. The van der Waals surface area contributed by atoms with Crippen molar-refractivity contribution in [3.05, 3.63) is 29.3 Å². The molecule has 2 aliphatic rings. The Hall–Kier alpha value is -1.72. The lowest BCUT2D eigenvalue weighted by Crippen LogP contribution is -3.18. The molecule has 2 saturated heterocycles. The second-order valence-corrected chi connectivity index (χ2v) is 5.84. The fourth-order valence-corrected chi connectivity index (χ4v) is 3.33. The highest BCUT2D eigenvalue weighted by Gasteiger charge is 2.46. The van der Waals surface area contributed by atoms with Gasteiger partial charge in [0.15, 0.2) is 6.04 Å². The molecule has 2 aliphatic heterocycles. The van der Waals surface area contributed by atoms with Gasteiger partial charge in [0.1, 0.15) is 13.1 Å². The van der Waals surface area contributed by atoms with Crippen LogP contribution in [0.5, 0.6) is 0 Å². The first-order valence-electron chi connectivity index (χ1n) is 7.45. The summed E-state index contributed by atoms with van der Waals surface area (Å²) in [7, 11) is 0. The quantitative estimate of drug-likeness (QED) is 0.771. The molecular formula is C16H21N2O3+. The zero-order valence-electron chi connectivity index (χ0n) is 12.5. The molecule has 0 aromatic heterocycles. The van der Waals surface area contributed by atoms with E-state index in [1.807, 2.05) is 32.0 Å². The van der Waals surface area contributed by atoms with Gasteiger partial charge in [0.25, 0.3) is 5.91 Å². The summed E-state index contributed by atoms with van der Waals surface area (Å²) in [6.45, 7) is 6.80. The van der Waals surface area contributed by atoms with Crippen molar-refractivity contribution < 1.29 is 19.2 Å². The molecule has 1 aromatic carbocycles. The van der Waals surface area contributed by atoms with E-state index in [0.29, 0.717) is 19.6 Å². The number of nitrogens with one attached hydrogen (secondary N) is 1. The zero-order valence-corrected chi connectivity index (χ0v) is 12.5. The van der Waals surface area contributed by atoms with Crippen molar-refractivity contribution in [1.29, 1.82) is 0 Å². The maximum absolute atomic E-state index is 12.8. The molecule has 0 aliphatic carbocycles. The summed E-state index contributed by atoms with van der Waals surface area (Å²) in [5.74, 6) is -0.143. The van der Waals surface area contributed by atoms with E-state index in [4.69, 9.17) is 4.74 Å². The first-order chi connectivity index (χ1) is 10.1. The largest absolute Gasteiger partial charge is 0.370 e. The van der Waals surface area contributed by atoms with Crippen LogP contribution in [0.4, 0.5) is 5.69 Å². The van der Waals surface area contributed by atoms with Gasteiger partial charge in [-0.1, -0.05) is 18.2 Å². The van der Waals surface area contributed by atoms with Gasteiger partial charge in [0.05, 0.1) is 25.3 Å². The van der Waals surface area contributed by atoms with Gasteiger partial charge >= 0.3 is 0 Å². The van der Waals surface area contributed by atoms with Crippen molar-refractivity contribution >= 4 is 17.5 Å². The average molecular weight is 289 g/mol. The second-order valence-electron chi connectivity index (χ2n) is 5.84. The highest BCUT2D eigenvalue weighted by atomic mass is 16.5. The molecule has 0 unspecified atom stereocenters. The number of imide groups is 1. The molecule has 0 radical (unpaired) electrons. The van der Waals surface area contributed by atoms with Crippen molar-refractivity contribution in [2.75, 3.05) is 31.2 Å². The lowest BCUT2D eigenvalue weighted by Gasteiger charge is -2.28. The van der Waals surface area contributed by atoms with E-state index in [0.717, 1.165) is 29.9 Å². The molecule has 0 saturated carbocycles. The first kappa shape index (κ1) is 14.2. The maximum atomic E-state index is 12.8. The molecule has 1 aromatic rings. The van der Waals surface area contributed by atoms with Crippen molar-refractivity contribution in [1.82, 2.24) is 0 Å². The van der Waals surface area contributed by atoms with Crippen molar-refractivity contribution in [3.63, 3.8) is 0 Å². The highest BCUT2D eigenvalue weighted by Crippen LogP contribution is 2.29. The first-order valence-corrected chi connectivity index (χ1v) is 7.45. The van der Waals surface area contributed by atoms with Crippen LogP contribution in [0.2, 0.25) is 0 Å². The fourth-order valence-electron chi connectivity index (χ4n) is 3.33. The molecule has 2 heterocycles. The number of carbonyl (C=O) groups excluding carboxylic acids is 2. The Bertz CT molecular complexity index is 559. The Morgan fingerprint density at radius 3 is 2.38 bits per heavy atom. The molecular weight excluding hydrogens is 268 g/mol. The maximum Gasteiger partial charge on any atom is 0.292 e. The van der Waals surface area contributed by atoms with E-state index < -0.39 is 0 Å². The minimum absolute atomic E-state index is 0.0608. The summed E-state index contributed by atoms with van der Waals surface area (Å²) in [4.78, 5) is 27.7. The van der Waals surface area contributed by atoms with Gasteiger partial charge in [-0.15, -0.1) is 0 Å². The van der Waals surface area contributed by atoms with Crippen molar-refractivity contribution in [2.24, 2.45) is 0 Å². The van der Waals surface area contributed by atoms with Gasteiger partial charge in [0.2, 0.25) is 5.91 Å². The molecule has 2 fully saturated rings. The normalized spacial score (nSPS) is 23.9. The van der Waals surface area contributed by atoms with E-state index in [2.05, 4.69) is 0 Å². The predicted octanol–water partition coefficient (Wildman–Crippen LogP) is -0.150.